The molecule has 6 heteroatoms. The Balaban J connectivity index is 2.39. The molecule has 3 nitrogen and oxygen atoms in total. The van der Waals surface area contributed by atoms with Crippen molar-refractivity contribution in [1.82, 2.24) is 0 Å². The van der Waals surface area contributed by atoms with E-state index in [0.717, 1.165) is 5.56 Å². The first-order valence-electron chi connectivity index (χ1n) is 5.35. The standard InChI is InChI=1S/C13H10Cl2O3S/c1-9-5-7-10(8-6-9)19(16,17)18-13-11(14)3-2-4-12(13)15/h2-8H,1H3. The Morgan fingerprint density at radius 1 is 0.947 bits per heavy atom. The number of para-hydroxylation sites is 1. The van der Waals surface area contributed by atoms with Crippen LogP contribution in [0.4, 0.5) is 0 Å². The van der Waals surface area contributed by atoms with Gasteiger partial charge in [-0.1, -0.05) is 47.0 Å². The van der Waals surface area contributed by atoms with Crippen molar-refractivity contribution in [1.29, 1.82) is 0 Å². The van der Waals surface area contributed by atoms with Gasteiger partial charge < -0.3 is 4.18 Å². The maximum Gasteiger partial charge on any atom is 0.339 e. The predicted octanol–water partition coefficient (Wildman–Crippen LogP) is 4.07. The number of benzene rings is 2. The summed E-state index contributed by atoms with van der Waals surface area (Å²) >= 11 is 11.7. The molecule has 0 N–H and O–H groups in total. The Morgan fingerprint density at radius 3 is 2.00 bits per heavy atom. The Hall–Kier alpha value is -1.23. The number of rotatable bonds is 3. The van der Waals surface area contributed by atoms with Crippen LogP contribution in [0.1, 0.15) is 5.56 Å². The molecule has 0 spiro atoms. The van der Waals surface area contributed by atoms with E-state index in [-0.39, 0.29) is 20.7 Å². The number of hydrogen-bond donors (Lipinski definition) is 0. The summed E-state index contributed by atoms with van der Waals surface area (Å²) in [5, 5.41) is 0.284. The first kappa shape index (κ1) is 14.2. The molecular weight excluding hydrogens is 307 g/mol. The zero-order valence-corrected chi connectivity index (χ0v) is 12.3. The highest BCUT2D eigenvalue weighted by Crippen LogP contribution is 2.34. The number of halogens is 2. The van der Waals surface area contributed by atoms with E-state index in [0.29, 0.717) is 0 Å². The molecule has 0 atom stereocenters. The molecule has 0 aliphatic carbocycles. The average Bonchev–Trinajstić information content (AvgIpc) is 2.35. The lowest BCUT2D eigenvalue weighted by Crippen LogP contribution is -2.10. The van der Waals surface area contributed by atoms with E-state index >= 15 is 0 Å². The van der Waals surface area contributed by atoms with Crippen molar-refractivity contribution in [3.05, 3.63) is 58.1 Å². The average molecular weight is 317 g/mol. The van der Waals surface area contributed by atoms with Crippen molar-refractivity contribution < 1.29 is 12.6 Å². The van der Waals surface area contributed by atoms with Crippen LogP contribution in [0.2, 0.25) is 10.0 Å². The van der Waals surface area contributed by atoms with Gasteiger partial charge in [0, 0.05) is 0 Å². The van der Waals surface area contributed by atoms with Crippen LogP contribution in [0.3, 0.4) is 0 Å². The molecule has 0 fully saturated rings. The van der Waals surface area contributed by atoms with E-state index in [9.17, 15) is 8.42 Å². The second kappa shape index (κ2) is 5.41. The molecule has 0 aliphatic heterocycles. The molecule has 0 aromatic heterocycles. The summed E-state index contributed by atoms with van der Waals surface area (Å²) in [6.45, 7) is 1.86. The molecule has 19 heavy (non-hydrogen) atoms. The lowest BCUT2D eigenvalue weighted by atomic mass is 10.2. The number of hydrogen-bond acceptors (Lipinski definition) is 3. The maximum atomic E-state index is 12.1. The molecule has 0 saturated heterocycles. The summed E-state index contributed by atoms with van der Waals surface area (Å²) in [4.78, 5) is 0.0501. The molecule has 0 amide bonds. The fraction of sp³-hybridized carbons (Fsp3) is 0.0769. The third kappa shape index (κ3) is 3.21. The summed E-state index contributed by atoms with van der Waals surface area (Å²) in [5.41, 5.74) is 0.953. The Bertz CT molecular complexity index is 674. The molecule has 0 unspecified atom stereocenters. The summed E-state index contributed by atoms with van der Waals surface area (Å²) in [5.74, 6) is -0.0635. The van der Waals surface area contributed by atoms with E-state index < -0.39 is 10.1 Å². The van der Waals surface area contributed by atoms with Crippen molar-refractivity contribution in [2.24, 2.45) is 0 Å². The van der Waals surface area contributed by atoms with Gasteiger partial charge in [-0.05, 0) is 31.2 Å². The van der Waals surface area contributed by atoms with Crippen molar-refractivity contribution in [3.8, 4) is 5.75 Å². The molecule has 0 radical (unpaired) electrons. The SMILES string of the molecule is Cc1ccc(S(=O)(=O)Oc2c(Cl)cccc2Cl)cc1. The van der Waals surface area contributed by atoms with E-state index in [2.05, 4.69) is 0 Å². The van der Waals surface area contributed by atoms with Gasteiger partial charge in [0.2, 0.25) is 0 Å². The highest BCUT2D eigenvalue weighted by molar-refractivity contribution is 7.87. The zero-order chi connectivity index (χ0) is 14.0. The minimum absolute atomic E-state index is 0.0501. The van der Waals surface area contributed by atoms with Crippen LogP contribution >= 0.6 is 23.2 Å². The van der Waals surface area contributed by atoms with Crippen molar-refractivity contribution >= 4 is 33.3 Å². The number of aryl methyl sites for hydroxylation is 1. The summed E-state index contributed by atoms with van der Waals surface area (Å²) in [6.07, 6.45) is 0. The van der Waals surface area contributed by atoms with Gasteiger partial charge in [-0.3, -0.25) is 0 Å². The third-order valence-electron chi connectivity index (χ3n) is 2.42. The van der Waals surface area contributed by atoms with E-state index in [1.165, 1.54) is 24.3 Å². The second-order valence-electron chi connectivity index (χ2n) is 3.90. The molecule has 2 rings (SSSR count). The predicted molar refractivity (Wildman–Crippen MR) is 75.5 cm³/mol. The van der Waals surface area contributed by atoms with E-state index in [1.807, 2.05) is 6.92 Å². The van der Waals surface area contributed by atoms with Gasteiger partial charge in [0.1, 0.15) is 4.90 Å². The fourth-order valence-corrected chi connectivity index (χ4v) is 2.96. The summed E-state index contributed by atoms with van der Waals surface area (Å²) < 4.78 is 29.2. The first-order chi connectivity index (χ1) is 8.90. The van der Waals surface area contributed by atoms with Gasteiger partial charge in [0.15, 0.2) is 5.75 Å². The molecule has 2 aromatic carbocycles. The van der Waals surface area contributed by atoms with E-state index in [4.69, 9.17) is 27.4 Å². The smallest absolute Gasteiger partial charge is 0.339 e. The van der Waals surface area contributed by atoms with Crippen LogP contribution in [0.25, 0.3) is 0 Å². The van der Waals surface area contributed by atoms with Crippen LogP contribution in [-0.2, 0) is 10.1 Å². The van der Waals surface area contributed by atoms with Gasteiger partial charge in [0.05, 0.1) is 10.0 Å². The van der Waals surface area contributed by atoms with Crippen LogP contribution in [0, 0.1) is 6.92 Å². The van der Waals surface area contributed by atoms with Crippen LogP contribution in [-0.4, -0.2) is 8.42 Å². The Labute approximate surface area is 121 Å². The molecular formula is C13H10Cl2O3S. The molecule has 0 aliphatic rings. The highest BCUT2D eigenvalue weighted by Gasteiger charge is 2.19. The van der Waals surface area contributed by atoms with Crippen LogP contribution < -0.4 is 4.18 Å². The third-order valence-corrected chi connectivity index (χ3v) is 4.25. The molecule has 0 heterocycles. The minimum atomic E-state index is -3.94. The van der Waals surface area contributed by atoms with Gasteiger partial charge in [-0.2, -0.15) is 8.42 Å². The first-order valence-corrected chi connectivity index (χ1v) is 7.52. The molecule has 2 aromatic rings. The largest absolute Gasteiger partial charge is 0.376 e. The zero-order valence-electron chi connectivity index (χ0n) is 9.93. The Morgan fingerprint density at radius 2 is 1.47 bits per heavy atom. The van der Waals surface area contributed by atoms with E-state index in [1.54, 1.807) is 18.2 Å². The summed E-state index contributed by atoms with van der Waals surface area (Å²) in [7, 11) is -3.94. The monoisotopic (exact) mass is 316 g/mol. The van der Waals surface area contributed by atoms with Crippen LogP contribution in [0.5, 0.6) is 5.75 Å². The quantitative estimate of drug-likeness (QED) is 0.802. The van der Waals surface area contributed by atoms with Gasteiger partial charge >= 0.3 is 10.1 Å². The van der Waals surface area contributed by atoms with Crippen molar-refractivity contribution in [2.45, 2.75) is 11.8 Å². The Kier molecular flexibility index (Phi) is 4.04. The lowest BCUT2D eigenvalue weighted by molar-refractivity contribution is 0.486. The highest BCUT2D eigenvalue weighted by atomic mass is 35.5. The van der Waals surface area contributed by atoms with Gasteiger partial charge in [-0.25, -0.2) is 0 Å². The fourth-order valence-electron chi connectivity index (χ4n) is 1.42. The van der Waals surface area contributed by atoms with Crippen molar-refractivity contribution in [3.63, 3.8) is 0 Å². The second-order valence-corrected chi connectivity index (χ2v) is 6.26. The molecule has 0 bridgehead atoms. The van der Waals surface area contributed by atoms with Gasteiger partial charge in [-0.15, -0.1) is 0 Å². The van der Waals surface area contributed by atoms with Crippen LogP contribution in [0.15, 0.2) is 47.4 Å². The lowest BCUT2D eigenvalue weighted by Gasteiger charge is -2.10. The molecule has 0 saturated carbocycles. The van der Waals surface area contributed by atoms with Gasteiger partial charge in [0.25, 0.3) is 0 Å². The maximum absolute atomic E-state index is 12.1. The normalized spacial score (nSPS) is 11.3. The topological polar surface area (TPSA) is 43.4 Å². The minimum Gasteiger partial charge on any atom is -0.376 e. The van der Waals surface area contributed by atoms with Crippen molar-refractivity contribution in [2.75, 3.05) is 0 Å². The molecule has 100 valence electrons. The summed E-state index contributed by atoms with van der Waals surface area (Å²) in [6, 6.07) is 10.9.